The molecule has 0 radical (unpaired) electrons. The smallest absolute Gasteiger partial charge is 0.226 e. The molecule has 0 aliphatic carbocycles. The van der Waals surface area contributed by atoms with Crippen LogP contribution in [0.3, 0.4) is 0 Å². The molecule has 1 amide bonds. The van der Waals surface area contributed by atoms with Crippen LogP contribution in [0.15, 0.2) is 12.7 Å². The van der Waals surface area contributed by atoms with Crippen LogP contribution in [0.4, 0.5) is 0 Å². The predicted octanol–water partition coefficient (Wildman–Crippen LogP) is 1.16. The van der Waals surface area contributed by atoms with Crippen LogP contribution >= 0.6 is 0 Å². The van der Waals surface area contributed by atoms with Gasteiger partial charge in [-0.15, -0.1) is 6.58 Å². The largest absolute Gasteiger partial charge is 0.338 e. The minimum Gasteiger partial charge on any atom is -0.338 e. The van der Waals surface area contributed by atoms with Gasteiger partial charge in [0.25, 0.3) is 0 Å². The van der Waals surface area contributed by atoms with Crippen molar-refractivity contribution in [2.75, 3.05) is 19.6 Å². The summed E-state index contributed by atoms with van der Waals surface area (Å²) in [6, 6.07) is 0.405. The molecule has 0 aromatic rings. The van der Waals surface area contributed by atoms with Crippen LogP contribution in [-0.2, 0) is 4.79 Å². The summed E-state index contributed by atoms with van der Waals surface area (Å²) in [5.41, 5.74) is 0. The molecule has 0 aromatic heterocycles. The van der Waals surface area contributed by atoms with Gasteiger partial charge in [-0.3, -0.25) is 4.79 Å². The zero-order chi connectivity index (χ0) is 10.4. The van der Waals surface area contributed by atoms with E-state index in [-0.39, 0.29) is 5.91 Å². The van der Waals surface area contributed by atoms with Crippen molar-refractivity contribution in [3.8, 4) is 0 Å². The molecule has 1 atom stereocenters. The van der Waals surface area contributed by atoms with Crippen LogP contribution in [0.1, 0.15) is 26.2 Å². The van der Waals surface area contributed by atoms with Crippen LogP contribution in [-0.4, -0.2) is 36.5 Å². The van der Waals surface area contributed by atoms with Gasteiger partial charge in [-0.05, 0) is 19.4 Å². The van der Waals surface area contributed by atoms with E-state index in [1.165, 1.54) is 0 Å². The van der Waals surface area contributed by atoms with Crippen molar-refractivity contribution in [3.05, 3.63) is 12.7 Å². The van der Waals surface area contributed by atoms with Gasteiger partial charge in [-0.2, -0.15) is 0 Å². The molecule has 1 aliphatic rings. The molecule has 0 aromatic carbocycles. The number of nitrogens with one attached hydrogen (secondary N) is 1. The number of rotatable bonds is 5. The lowest BCUT2D eigenvalue weighted by Crippen LogP contribution is -2.41. The lowest BCUT2D eigenvalue weighted by Gasteiger charge is -2.27. The number of hydrogen-bond acceptors (Lipinski definition) is 2. The zero-order valence-electron chi connectivity index (χ0n) is 8.96. The van der Waals surface area contributed by atoms with E-state index in [2.05, 4.69) is 18.8 Å². The van der Waals surface area contributed by atoms with Gasteiger partial charge in [-0.25, -0.2) is 0 Å². The Labute approximate surface area is 86.2 Å². The standard InChI is InChI=1S/C11H20N2O/c1-3-5-11(14)13(8-4-2)10-6-7-12-9-10/h3,10,12H,1,4-9H2,2H3. The summed E-state index contributed by atoms with van der Waals surface area (Å²) in [7, 11) is 0. The molecule has 0 saturated carbocycles. The number of carbonyl (C=O) groups excluding carboxylic acids is 1. The van der Waals surface area contributed by atoms with E-state index in [1.54, 1.807) is 6.08 Å². The van der Waals surface area contributed by atoms with Gasteiger partial charge in [0.2, 0.25) is 5.91 Å². The van der Waals surface area contributed by atoms with Gasteiger partial charge in [0.15, 0.2) is 0 Å². The van der Waals surface area contributed by atoms with Crippen LogP contribution < -0.4 is 5.32 Å². The van der Waals surface area contributed by atoms with E-state index in [4.69, 9.17) is 0 Å². The summed E-state index contributed by atoms with van der Waals surface area (Å²) in [4.78, 5) is 13.7. The maximum absolute atomic E-state index is 11.7. The molecule has 0 spiro atoms. The Hall–Kier alpha value is -0.830. The second kappa shape index (κ2) is 5.81. The SMILES string of the molecule is C=CCC(=O)N(CCC)C1CCNC1. The van der Waals surface area contributed by atoms with Crippen LogP contribution in [0.5, 0.6) is 0 Å². The first-order chi connectivity index (χ1) is 6.79. The molecule has 0 bridgehead atoms. The van der Waals surface area contributed by atoms with Gasteiger partial charge in [0.05, 0.1) is 0 Å². The summed E-state index contributed by atoms with van der Waals surface area (Å²) < 4.78 is 0. The summed E-state index contributed by atoms with van der Waals surface area (Å²) >= 11 is 0. The molecule has 1 N–H and O–H groups in total. The number of nitrogens with zero attached hydrogens (tertiary/aromatic N) is 1. The first-order valence-electron chi connectivity index (χ1n) is 5.40. The molecule has 1 heterocycles. The van der Waals surface area contributed by atoms with Gasteiger partial charge in [0, 0.05) is 25.6 Å². The predicted molar refractivity (Wildman–Crippen MR) is 58.1 cm³/mol. The average molecular weight is 196 g/mol. The van der Waals surface area contributed by atoms with Crippen LogP contribution in [0.25, 0.3) is 0 Å². The zero-order valence-corrected chi connectivity index (χ0v) is 8.96. The third kappa shape index (κ3) is 2.84. The van der Waals surface area contributed by atoms with Crippen LogP contribution in [0, 0.1) is 0 Å². The fourth-order valence-electron chi connectivity index (χ4n) is 1.90. The van der Waals surface area contributed by atoms with Crippen molar-refractivity contribution in [2.45, 2.75) is 32.2 Å². The normalized spacial score (nSPS) is 20.8. The minimum absolute atomic E-state index is 0.218. The van der Waals surface area contributed by atoms with Crippen molar-refractivity contribution in [2.24, 2.45) is 0 Å². The van der Waals surface area contributed by atoms with E-state index in [1.807, 2.05) is 4.90 Å². The highest BCUT2D eigenvalue weighted by Gasteiger charge is 2.24. The molecule has 3 nitrogen and oxygen atoms in total. The molecule has 1 rings (SSSR count). The Morgan fingerprint density at radius 3 is 3.00 bits per heavy atom. The molecular formula is C11H20N2O. The summed E-state index contributed by atoms with van der Waals surface area (Å²) in [5, 5.41) is 3.29. The molecule has 1 fully saturated rings. The highest BCUT2D eigenvalue weighted by molar-refractivity contribution is 5.78. The first-order valence-corrected chi connectivity index (χ1v) is 5.40. The van der Waals surface area contributed by atoms with E-state index in [0.717, 1.165) is 32.5 Å². The third-order valence-electron chi connectivity index (χ3n) is 2.58. The lowest BCUT2D eigenvalue weighted by atomic mass is 10.2. The lowest BCUT2D eigenvalue weighted by molar-refractivity contribution is -0.132. The summed E-state index contributed by atoms with van der Waals surface area (Å²) in [6.07, 6.45) is 4.27. The van der Waals surface area contributed by atoms with Crippen molar-refractivity contribution in [1.82, 2.24) is 10.2 Å². The van der Waals surface area contributed by atoms with Crippen molar-refractivity contribution < 1.29 is 4.79 Å². The highest BCUT2D eigenvalue weighted by Crippen LogP contribution is 2.10. The van der Waals surface area contributed by atoms with Crippen molar-refractivity contribution in [1.29, 1.82) is 0 Å². The first kappa shape index (κ1) is 11.2. The van der Waals surface area contributed by atoms with Crippen molar-refractivity contribution in [3.63, 3.8) is 0 Å². The van der Waals surface area contributed by atoms with Crippen molar-refractivity contribution >= 4 is 5.91 Å². The fraction of sp³-hybridized carbons (Fsp3) is 0.727. The maximum atomic E-state index is 11.7. The Morgan fingerprint density at radius 2 is 2.50 bits per heavy atom. The van der Waals surface area contributed by atoms with Gasteiger partial charge < -0.3 is 10.2 Å². The quantitative estimate of drug-likeness (QED) is 0.669. The maximum Gasteiger partial charge on any atom is 0.226 e. The fourth-order valence-corrected chi connectivity index (χ4v) is 1.90. The molecule has 14 heavy (non-hydrogen) atoms. The third-order valence-corrected chi connectivity index (χ3v) is 2.58. The molecule has 1 unspecified atom stereocenters. The topological polar surface area (TPSA) is 32.3 Å². The highest BCUT2D eigenvalue weighted by atomic mass is 16.2. The summed E-state index contributed by atoms with van der Waals surface area (Å²) in [6.45, 7) is 8.57. The number of hydrogen-bond donors (Lipinski definition) is 1. The van der Waals surface area contributed by atoms with Gasteiger partial charge in [0.1, 0.15) is 0 Å². The number of carbonyl (C=O) groups is 1. The van der Waals surface area contributed by atoms with Gasteiger partial charge in [-0.1, -0.05) is 13.0 Å². The minimum atomic E-state index is 0.218. The van der Waals surface area contributed by atoms with E-state index < -0.39 is 0 Å². The average Bonchev–Trinajstić information content (AvgIpc) is 2.67. The summed E-state index contributed by atoms with van der Waals surface area (Å²) in [5.74, 6) is 0.218. The molecule has 80 valence electrons. The Kier molecular flexibility index (Phi) is 4.66. The monoisotopic (exact) mass is 196 g/mol. The second-order valence-corrected chi connectivity index (χ2v) is 3.73. The van der Waals surface area contributed by atoms with E-state index in [9.17, 15) is 4.79 Å². The van der Waals surface area contributed by atoms with Gasteiger partial charge >= 0.3 is 0 Å². The number of amides is 1. The van der Waals surface area contributed by atoms with E-state index >= 15 is 0 Å². The Morgan fingerprint density at radius 1 is 1.71 bits per heavy atom. The van der Waals surface area contributed by atoms with E-state index in [0.29, 0.717) is 12.5 Å². The Bertz CT molecular complexity index is 197. The molecule has 1 saturated heterocycles. The Balaban J connectivity index is 2.52. The second-order valence-electron chi connectivity index (χ2n) is 3.73. The molecule has 1 aliphatic heterocycles. The molecule has 3 heteroatoms. The molecular weight excluding hydrogens is 176 g/mol. The van der Waals surface area contributed by atoms with Crippen LogP contribution in [0.2, 0.25) is 0 Å².